The van der Waals surface area contributed by atoms with Gasteiger partial charge in [-0.1, -0.05) is 12.1 Å². The highest BCUT2D eigenvalue weighted by atomic mass is 32.1. The molecule has 2 rings (SSSR count). The zero-order valence-corrected chi connectivity index (χ0v) is 11.3. The second-order valence-electron chi connectivity index (χ2n) is 4.18. The molecule has 0 aliphatic rings. The first-order valence-corrected chi connectivity index (χ1v) is 6.70. The van der Waals surface area contributed by atoms with Crippen molar-refractivity contribution in [3.8, 4) is 16.5 Å². The maximum atomic E-state index is 13.9. The smallest absolute Gasteiger partial charge is 0.169 e. The summed E-state index contributed by atoms with van der Waals surface area (Å²) >= 11 is 1.36. The summed E-state index contributed by atoms with van der Waals surface area (Å²) in [5.74, 6) is -0.284. The van der Waals surface area contributed by atoms with Crippen molar-refractivity contribution in [3.05, 3.63) is 46.6 Å². The van der Waals surface area contributed by atoms with E-state index in [-0.39, 0.29) is 11.6 Å². The van der Waals surface area contributed by atoms with Crippen molar-refractivity contribution in [2.75, 3.05) is 0 Å². The quantitative estimate of drug-likeness (QED) is 0.783. The number of rotatable bonds is 4. The van der Waals surface area contributed by atoms with Gasteiger partial charge in [-0.25, -0.2) is 4.39 Å². The third kappa shape index (κ3) is 3.07. The Hall–Kier alpha value is -1.99. The highest BCUT2D eigenvalue weighted by Gasteiger charge is 2.09. The number of benzene rings is 1. The molecule has 19 heavy (non-hydrogen) atoms. The molecule has 0 saturated carbocycles. The van der Waals surface area contributed by atoms with Crippen LogP contribution in [0.2, 0.25) is 0 Å². The third-order valence-corrected chi connectivity index (χ3v) is 4.03. The number of thiophene rings is 1. The molecule has 0 spiro atoms. The molecule has 2 nitrogen and oxygen atoms in total. The predicted octanol–water partition coefficient (Wildman–Crippen LogP) is 4.21. The van der Waals surface area contributed by atoms with Crippen molar-refractivity contribution in [2.45, 2.75) is 19.8 Å². The largest absolute Gasteiger partial charge is 0.294 e. The summed E-state index contributed by atoms with van der Waals surface area (Å²) in [4.78, 5) is 12.8. The Morgan fingerprint density at radius 2 is 2.16 bits per heavy atom. The van der Waals surface area contributed by atoms with Crippen LogP contribution in [0.1, 0.15) is 28.6 Å². The maximum absolute atomic E-state index is 13.9. The van der Waals surface area contributed by atoms with Gasteiger partial charge in [-0.3, -0.25) is 4.79 Å². The predicted molar refractivity (Wildman–Crippen MR) is 73.7 cm³/mol. The summed E-state index contributed by atoms with van der Waals surface area (Å²) in [6.45, 7) is 1.52. The van der Waals surface area contributed by atoms with E-state index in [9.17, 15) is 9.18 Å². The fraction of sp³-hybridized carbons (Fsp3) is 0.200. The summed E-state index contributed by atoms with van der Waals surface area (Å²) in [5, 5.41) is 8.50. The number of ketones is 1. The van der Waals surface area contributed by atoms with E-state index < -0.39 is 0 Å². The molecule has 0 saturated heterocycles. The minimum Gasteiger partial charge on any atom is -0.294 e. The summed E-state index contributed by atoms with van der Waals surface area (Å²) in [5.41, 5.74) is 1.31. The molecule has 0 aliphatic heterocycles. The maximum Gasteiger partial charge on any atom is 0.169 e. The monoisotopic (exact) mass is 273 g/mol. The normalized spacial score (nSPS) is 10.2. The SMILES string of the molecule is CC(=O)c1ccc(-c2ccc(CCC#N)c(F)c2)s1. The van der Waals surface area contributed by atoms with Crippen molar-refractivity contribution in [1.82, 2.24) is 0 Å². The fourth-order valence-electron chi connectivity index (χ4n) is 1.78. The molecule has 0 bridgehead atoms. The minimum atomic E-state index is -0.300. The second-order valence-corrected chi connectivity index (χ2v) is 5.27. The van der Waals surface area contributed by atoms with Crippen molar-refractivity contribution in [1.29, 1.82) is 5.26 Å². The Balaban J connectivity index is 2.28. The highest BCUT2D eigenvalue weighted by Crippen LogP contribution is 2.29. The van der Waals surface area contributed by atoms with E-state index in [1.54, 1.807) is 12.1 Å². The number of nitriles is 1. The van der Waals surface area contributed by atoms with Gasteiger partial charge in [-0.05, 0) is 42.7 Å². The van der Waals surface area contributed by atoms with Crippen LogP contribution >= 0.6 is 11.3 Å². The summed E-state index contributed by atoms with van der Waals surface area (Å²) in [6, 6.07) is 10.6. The lowest BCUT2D eigenvalue weighted by molar-refractivity contribution is 0.102. The first-order valence-electron chi connectivity index (χ1n) is 5.88. The van der Waals surface area contributed by atoms with Crippen LogP contribution in [0, 0.1) is 17.1 Å². The lowest BCUT2D eigenvalue weighted by Crippen LogP contribution is -1.90. The van der Waals surface area contributed by atoms with Crippen LogP contribution in [-0.4, -0.2) is 5.78 Å². The summed E-state index contributed by atoms with van der Waals surface area (Å²) in [6.07, 6.45) is 0.732. The molecule has 4 heteroatoms. The van der Waals surface area contributed by atoms with Gasteiger partial charge >= 0.3 is 0 Å². The Kier molecular flexibility index (Phi) is 4.08. The number of halogens is 1. The Labute approximate surface area is 115 Å². The Morgan fingerprint density at radius 3 is 2.74 bits per heavy atom. The molecule has 1 heterocycles. The van der Waals surface area contributed by atoms with Gasteiger partial charge in [-0.2, -0.15) is 5.26 Å². The highest BCUT2D eigenvalue weighted by molar-refractivity contribution is 7.17. The van der Waals surface area contributed by atoms with Crippen LogP contribution in [0.4, 0.5) is 4.39 Å². The van der Waals surface area contributed by atoms with Crippen LogP contribution in [0.25, 0.3) is 10.4 Å². The van der Waals surface area contributed by atoms with E-state index in [4.69, 9.17) is 5.26 Å². The van der Waals surface area contributed by atoms with Gasteiger partial charge in [0.25, 0.3) is 0 Å². The molecule has 0 radical (unpaired) electrons. The van der Waals surface area contributed by atoms with Gasteiger partial charge in [-0.15, -0.1) is 11.3 Å². The van der Waals surface area contributed by atoms with E-state index in [1.807, 2.05) is 18.2 Å². The summed E-state index contributed by atoms with van der Waals surface area (Å²) < 4.78 is 13.9. The molecular formula is C15H12FNOS. The topological polar surface area (TPSA) is 40.9 Å². The van der Waals surface area contributed by atoms with E-state index in [0.717, 1.165) is 10.4 Å². The lowest BCUT2D eigenvalue weighted by atomic mass is 10.1. The van der Waals surface area contributed by atoms with E-state index >= 15 is 0 Å². The van der Waals surface area contributed by atoms with Gasteiger partial charge in [0.1, 0.15) is 5.82 Å². The minimum absolute atomic E-state index is 0.0161. The van der Waals surface area contributed by atoms with Crippen molar-refractivity contribution in [2.24, 2.45) is 0 Å². The van der Waals surface area contributed by atoms with E-state index in [2.05, 4.69) is 0 Å². The van der Waals surface area contributed by atoms with Crippen LogP contribution in [0.15, 0.2) is 30.3 Å². The number of carbonyl (C=O) groups is 1. The van der Waals surface area contributed by atoms with Crippen LogP contribution in [0.5, 0.6) is 0 Å². The van der Waals surface area contributed by atoms with Gasteiger partial charge in [0.05, 0.1) is 10.9 Å². The molecule has 0 fully saturated rings. The van der Waals surface area contributed by atoms with Crippen molar-refractivity contribution in [3.63, 3.8) is 0 Å². The van der Waals surface area contributed by atoms with E-state index in [0.29, 0.717) is 23.3 Å². The molecule has 0 unspecified atom stereocenters. The van der Waals surface area contributed by atoms with Gasteiger partial charge in [0.15, 0.2) is 5.78 Å². The number of hydrogen-bond acceptors (Lipinski definition) is 3. The van der Waals surface area contributed by atoms with Gasteiger partial charge in [0.2, 0.25) is 0 Å². The lowest BCUT2D eigenvalue weighted by Gasteiger charge is -2.03. The number of Topliss-reactive ketones (excluding diaryl/α,β-unsaturated/α-hetero) is 1. The standard InChI is InChI=1S/C15H12FNOS/c1-10(18)14-6-7-15(19-14)12-5-4-11(3-2-8-17)13(16)9-12/h4-7,9H,2-3H2,1H3. The van der Waals surface area contributed by atoms with Crippen molar-refractivity contribution < 1.29 is 9.18 Å². The average Bonchev–Trinajstić information content (AvgIpc) is 2.87. The molecule has 2 aromatic rings. The number of aryl methyl sites for hydroxylation is 1. The second kappa shape index (κ2) is 5.77. The first-order chi connectivity index (χ1) is 9.11. The van der Waals surface area contributed by atoms with Gasteiger partial charge in [0, 0.05) is 11.3 Å². The first kappa shape index (κ1) is 13.4. The molecule has 1 aromatic heterocycles. The van der Waals surface area contributed by atoms with Crippen LogP contribution < -0.4 is 0 Å². The zero-order valence-electron chi connectivity index (χ0n) is 10.4. The summed E-state index contributed by atoms with van der Waals surface area (Å²) in [7, 11) is 0. The third-order valence-electron chi connectivity index (χ3n) is 2.80. The number of nitrogens with zero attached hydrogens (tertiary/aromatic N) is 1. The Morgan fingerprint density at radius 1 is 1.37 bits per heavy atom. The molecule has 0 atom stereocenters. The van der Waals surface area contributed by atoms with Gasteiger partial charge < -0.3 is 0 Å². The zero-order chi connectivity index (χ0) is 13.8. The molecule has 0 N–H and O–H groups in total. The molecular weight excluding hydrogens is 261 g/mol. The molecule has 1 aromatic carbocycles. The van der Waals surface area contributed by atoms with E-state index in [1.165, 1.54) is 24.3 Å². The molecule has 0 aliphatic carbocycles. The average molecular weight is 273 g/mol. The number of carbonyl (C=O) groups excluding carboxylic acids is 1. The van der Waals surface area contributed by atoms with Crippen LogP contribution in [0.3, 0.4) is 0 Å². The van der Waals surface area contributed by atoms with Crippen molar-refractivity contribution >= 4 is 17.1 Å². The fourth-order valence-corrected chi connectivity index (χ4v) is 2.67. The number of hydrogen-bond donors (Lipinski definition) is 0. The Bertz CT molecular complexity index is 654. The molecule has 96 valence electrons. The van der Waals surface area contributed by atoms with Crippen LogP contribution in [-0.2, 0) is 6.42 Å². The molecule has 0 amide bonds.